The van der Waals surface area contributed by atoms with Gasteiger partial charge in [-0.15, -0.1) is 0 Å². The van der Waals surface area contributed by atoms with Crippen LogP contribution < -0.4 is 13.6 Å². The summed E-state index contributed by atoms with van der Waals surface area (Å²) in [5.41, 5.74) is 13.8. The maximum absolute atomic E-state index is 7.89. The van der Waals surface area contributed by atoms with E-state index in [0.717, 1.165) is 6.42 Å². The van der Waals surface area contributed by atoms with Crippen LogP contribution in [0.25, 0.3) is 28.3 Å². The summed E-state index contributed by atoms with van der Waals surface area (Å²) in [5.74, 6) is 1.36. The number of allylic oxidation sites excluding steroid dienone is 1. The summed E-state index contributed by atoms with van der Waals surface area (Å²) < 4.78 is 1.42. The first-order valence-electron chi connectivity index (χ1n) is 15.6. The van der Waals surface area contributed by atoms with Gasteiger partial charge in [0.2, 0.25) is 0 Å². The second-order valence-electron chi connectivity index (χ2n) is 13.2. The zero-order valence-electron chi connectivity index (χ0n) is 26.0. The Balaban J connectivity index is 1.55. The van der Waals surface area contributed by atoms with Gasteiger partial charge in [-0.1, -0.05) is 0 Å². The summed E-state index contributed by atoms with van der Waals surface area (Å²) in [5, 5.41) is 3.01. The fraction of sp³-hybridized carbons (Fsp3) is 0.316. The van der Waals surface area contributed by atoms with Crippen LogP contribution in [0, 0.1) is 0 Å². The Labute approximate surface area is 266 Å². The molecule has 0 fully saturated rings. The van der Waals surface area contributed by atoms with Crippen molar-refractivity contribution in [2.24, 2.45) is 0 Å². The van der Waals surface area contributed by atoms with Gasteiger partial charge in [-0.05, 0) is 0 Å². The van der Waals surface area contributed by atoms with E-state index in [4.69, 9.17) is 17.0 Å². The molecule has 42 heavy (non-hydrogen) atoms. The summed E-state index contributed by atoms with van der Waals surface area (Å²) in [6, 6.07) is 27.7. The molecule has 0 amide bonds. The fourth-order valence-corrected chi connectivity index (χ4v) is 24.2. The summed E-state index contributed by atoms with van der Waals surface area (Å²) in [6.45, 7) is 16.1. The molecule has 0 aromatic heterocycles. The first kappa shape index (κ1) is 30.3. The number of hydrogen-bond donors (Lipinski definition) is 0. The van der Waals surface area contributed by atoms with Gasteiger partial charge in [-0.3, -0.25) is 0 Å². The Kier molecular flexibility index (Phi) is 8.42. The van der Waals surface area contributed by atoms with Crippen molar-refractivity contribution < 1.29 is 17.9 Å². The molecule has 4 aromatic rings. The molecular weight excluding hydrogens is 647 g/mol. The first-order valence-corrected chi connectivity index (χ1v) is 26.0. The van der Waals surface area contributed by atoms with Crippen molar-refractivity contribution in [1.29, 1.82) is 0 Å². The topological polar surface area (TPSA) is 0 Å². The molecule has 4 heteroatoms. The zero-order valence-corrected chi connectivity index (χ0v) is 31.4. The van der Waals surface area contributed by atoms with E-state index in [1.807, 2.05) is 0 Å². The predicted molar refractivity (Wildman–Crippen MR) is 186 cm³/mol. The van der Waals surface area contributed by atoms with Gasteiger partial charge in [0, 0.05) is 0 Å². The van der Waals surface area contributed by atoms with E-state index in [2.05, 4.69) is 127 Å². The van der Waals surface area contributed by atoms with Gasteiger partial charge in [0.15, 0.2) is 0 Å². The van der Waals surface area contributed by atoms with Gasteiger partial charge in [0.1, 0.15) is 0 Å². The van der Waals surface area contributed by atoms with Crippen molar-refractivity contribution in [3.8, 4) is 22.3 Å². The molecule has 1 heterocycles. The van der Waals surface area contributed by atoms with Crippen molar-refractivity contribution in [1.82, 2.24) is 0 Å². The van der Waals surface area contributed by atoms with Gasteiger partial charge in [-0.25, -0.2) is 0 Å². The molecule has 0 saturated carbocycles. The Bertz CT molecular complexity index is 1690. The van der Waals surface area contributed by atoms with Crippen molar-refractivity contribution in [2.45, 2.75) is 76.3 Å². The Hall–Kier alpha value is -1.70. The average Bonchev–Trinajstić information content (AvgIpc) is 3.55. The molecule has 0 spiro atoms. The normalized spacial score (nSPS) is 16.4. The van der Waals surface area contributed by atoms with Gasteiger partial charge in [0.05, 0.1) is 0 Å². The van der Waals surface area contributed by atoms with Crippen molar-refractivity contribution in [2.75, 3.05) is 0 Å². The van der Waals surface area contributed by atoms with E-state index >= 15 is 0 Å². The molecule has 1 aliphatic carbocycles. The average molecular weight is 689 g/mol. The van der Waals surface area contributed by atoms with Gasteiger partial charge < -0.3 is 0 Å². The van der Waals surface area contributed by atoms with Crippen LogP contribution in [0.15, 0.2) is 78.4 Å². The molecule has 0 saturated heterocycles. The van der Waals surface area contributed by atoms with Gasteiger partial charge in [-0.2, -0.15) is 0 Å². The van der Waals surface area contributed by atoms with Crippen LogP contribution in [0.3, 0.4) is 0 Å². The van der Waals surface area contributed by atoms with Crippen LogP contribution in [0.4, 0.5) is 0 Å². The van der Waals surface area contributed by atoms with E-state index < -0.39 is 27.4 Å². The van der Waals surface area contributed by atoms with Crippen LogP contribution in [-0.4, -0.2) is 9.52 Å². The number of benzene rings is 4. The standard InChI is InChI=1S/C26H33.C12H9Si.2ClH.Zr/c1-8-19-11-20-9-10-24(18(6)7)26(25(20)12-19)23-14-21(16(2)3)13-22(15-23)17(4)5;1-3-7-11-9(5-1)10-6-2-4-8-12(10)13-11;;;/h9-18H,8H2,1-7H3;1-7H,13H2;2*1H;/q;;;;+2/p-2. The first-order chi connectivity index (χ1) is 20.0. The third-order valence-electron chi connectivity index (χ3n) is 9.53. The Morgan fingerprint density at radius 3 is 2.07 bits per heavy atom. The van der Waals surface area contributed by atoms with E-state index in [0.29, 0.717) is 17.8 Å². The monoisotopic (exact) mass is 686 g/mol. The number of fused-ring (bicyclic) bond motifs is 4. The third kappa shape index (κ3) is 5.09. The minimum absolute atomic E-state index is 0.115. The molecule has 1 atom stereocenters. The molecule has 216 valence electrons. The molecular formula is C38H42Cl2SiZr. The van der Waals surface area contributed by atoms with Crippen molar-refractivity contribution in [3.63, 3.8) is 0 Å². The third-order valence-corrected chi connectivity index (χ3v) is 23.9. The second-order valence-corrected chi connectivity index (χ2v) is 29.0. The zero-order chi connectivity index (χ0) is 29.9. The van der Waals surface area contributed by atoms with Gasteiger partial charge in [0.25, 0.3) is 0 Å². The van der Waals surface area contributed by atoms with E-state index in [-0.39, 0.29) is 3.63 Å². The van der Waals surface area contributed by atoms with Crippen LogP contribution in [0.2, 0.25) is 0 Å². The molecule has 0 bridgehead atoms. The summed E-state index contributed by atoms with van der Waals surface area (Å²) in [6.07, 6.45) is 3.44. The van der Waals surface area contributed by atoms with Crippen molar-refractivity contribution in [3.05, 3.63) is 106 Å². The number of rotatable bonds is 7. The molecule has 0 N–H and O–H groups in total. The number of hydrogen-bond acceptors (Lipinski definition) is 0. The minimum atomic E-state index is -3.98. The molecule has 0 radical (unpaired) electrons. The molecule has 1 aliphatic heterocycles. The Morgan fingerprint density at radius 1 is 0.762 bits per heavy atom. The van der Waals surface area contributed by atoms with Crippen LogP contribution >= 0.6 is 17.0 Å². The summed E-state index contributed by atoms with van der Waals surface area (Å²) >= 11 is -3.98. The molecule has 0 nitrogen and oxygen atoms in total. The van der Waals surface area contributed by atoms with E-state index in [9.17, 15) is 0 Å². The molecule has 1 unspecified atom stereocenters. The second kappa shape index (κ2) is 11.7. The maximum atomic E-state index is 7.89. The Morgan fingerprint density at radius 2 is 1.43 bits per heavy atom. The molecule has 6 rings (SSSR count). The predicted octanol–water partition coefficient (Wildman–Crippen LogP) is 9.46. The SMILES string of the molecule is CCC1=Cc2c(ccc(C(C)C)c2-c2cc(C(C)C)cc(C(C)C)c2)[CH]1[Zr]([Cl])([Cl])[c]1cccc2c1[SiH2]c1ccccc1-2. The number of halogens is 2. The van der Waals surface area contributed by atoms with E-state index in [1.54, 1.807) is 0 Å². The van der Waals surface area contributed by atoms with Crippen molar-refractivity contribution >= 4 is 46.3 Å². The van der Waals surface area contributed by atoms with Gasteiger partial charge >= 0.3 is 269 Å². The van der Waals surface area contributed by atoms with E-state index in [1.165, 1.54) is 69.3 Å². The van der Waals surface area contributed by atoms with Crippen LogP contribution in [-0.2, 0) is 17.9 Å². The molecule has 2 aliphatic rings. The molecule has 4 aromatic carbocycles. The fourth-order valence-electron chi connectivity index (χ4n) is 7.18. The summed E-state index contributed by atoms with van der Waals surface area (Å²) in [4.78, 5) is 0. The quantitative estimate of drug-likeness (QED) is 0.150. The summed E-state index contributed by atoms with van der Waals surface area (Å²) in [7, 11) is 15.2. The van der Waals surface area contributed by atoms with Crippen LogP contribution in [0.5, 0.6) is 0 Å². The van der Waals surface area contributed by atoms with Crippen LogP contribution in [0.1, 0.15) is 104 Å².